The lowest BCUT2D eigenvalue weighted by atomic mass is 10.1. The lowest BCUT2D eigenvalue weighted by molar-refractivity contribution is 0.104. The molecule has 0 amide bonds. The van der Waals surface area contributed by atoms with Gasteiger partial charge in [-0.3, -0.25) is 0 Å². The van der Waals surface area contributed by atoms with Crippen molar-refractivity contribution in [3.63, 3.8) is 0 Å². The Labute approximate surface area is 165 Å². The van der Waals surface area contributed by atoms with Gasteiger partial charge in [-0.15, -0.1) is 0 Å². The molecule has 5 heteroatoms. The van der Waals surface area contributed by atoms with Crippen molar-refractivity contribution in [1.82, 2.24) is 10.2 Å². The van der Waals surface area contributed by atoms with Gasteiger partial charge in [-0.1, -0.05) is 57.3 Å². The average molecular weight is 394 g/mol. The smallest absolute Gasteiger partial charge is 0.283 e. The number of aryl methyl sites for hydroxylation is 2. The molecule has 0 spiro atoms. The third-order valence-electron chi connectivity index (χ3n) is 4.19. The van der Waals surface area contributed by atoms with Crippen LogP contribution >= 0.6 is 9.24 Å². The van der Waals surface area contributed by atoms with Crippen LogP contribution in [0.1, 0.15) is 35.1 Å². The quantitative estimate of drug-likeness (QED) is 0.480. The molecule has 0 aromatic heterocycles. The van der Waals surface area contributed by atoms with Gasteiger partial charge in [-0.25, -0.2) is 0 Å². The minimum atomic E-state index is -2.80. The van der Waals surface area contributed by atoms with Gasteiger partial charge in [0.15, 0.2) is 0 Å². The van der Waals surface area contributed by atoms with Gasteiger partial charge in [-0.05, 0) is 71.1 Å². The molecule has 0 saturated heterocycles. The topological polar surface area (TPSA) is 15.3 Å². The highest BCUT2D eigenvalue weighted by molar-refractivity contribution is 7.17. The first-order chi connectivity index (χ1) is 12.7. The third kappa shape index (κ3) is 10.5. The number of hydrogen-bond acceptors (Lipinski definition) is 2. The van der Waals surface area contributed by atoms with Crippen LogP contribution in [0, 0.1) is 13.8 Å². The van der Waals surface area contributed by atoms with Gasteiger partial charge < -0.3 is 10.2 Å². The van der Waals surface area contributed by atoms with Crippen LogP contribution in [-0.2, 0) is 12.2 Å². The monoisotopic (exact) mass is 394 g/mol. The van der Waals surface area contributed by atoms with E-state index in [0.29, 0.717) is 0 Å². The first kappa shape index (κ1) is 23.7. The zero-order valence-corrected chi connectivity index (χ0v) is 18.1. The van der Waals surface area contributed by atoms with Crippen molar-refractivity contribution in [1.29, 1.82) is 0 Å². The van der Waals surface area contributed by atoms with E-state index in [9.17, 15) is 8.78 Å². The van der Waals surface area contributed by atoms with Gasteiger partial charge in [0.05, 0.1) is 0 Å². The number of alkyl halides is 2. The molecule has 1 unspecified atom stereocenters. The molecule has 0 bridgehead atoms. The maximum absolute atomic E-state index is 12.6. The van der Waals surface area contributed by atoms with Crippen molar-refractivity contribution in [3.8, 4) is 0 Å². The Morgan fingerprint density at radius 2 is 1.70 bits per heavy atom. The fourth-order valence-corrected chi connectivity index (χ4v) is 2.74. The zero-order chi connectivity index (χ0) is 20.3. The standard InChI is InChI=1S/C14H24N2.C8H9F2P/c1-13-8-4-5-9-14(13)12-15-10-6-7-11-16(2)3;1-6-3-2-4-7(5-6)8(9,10)11/h4-5,8-9,15H,6-7,10-12H2,1-3H3;2-5H,11H2,1H3. The minimum absolute atomic E-state index is 0.0440. The molecular weight excluding hydrogens is 361 g/mol. The van der Waals surface area contributed by atoms with E-state index in [0.717, 1.165) is 18.7 Å². The SMILES string of the molecule is Cc1cccc(C(F)(F)P)c1.Cc1ccccc1CNCCCCN(C)C. The van der Waals surface area contributed by atoms with E-state index in [-0.39, 0.29) is 5.56 Å². The highest BCUT2D eigenvalue weighted by atomic mass is 31.0. The summed E-state index contributed by atoms with van der Waals surface area (Å²) in [5.74, 6) is 0. The highest BCUT2D eigenvalue weighted by Gasteiger charge is 2.23. The van der Waals surface area contributed by atoms with Gasteiger partial charge in [0, 0.05) is 12.1 Å². The number of rotatable bonds is 8. The molecule has 0 fully saturated rings. The van der Waals surface area contributed by atoms with Crippen molar-refractivity contribution in [3.05, 3.63) is 70.8 Å². The van der Waals surface area contributed by atoms with Crippen molar-refractivity contribution >= 4 is 9.24 Å². The van der Waals surface area contributed by atoms with Crippen LogP contribution in [0.25, 0.3) is 0 Å². The van der Waals surface area contributed by atoms with E-state index in [2.05, 4.69) is 55.5 Å². The normalized spacial score (nSPS) is 11.3. The molecule has 0 radical (unpaired) electrons. The van der Waals surface area contributed by atoms with Crippen LogP contribution in [0.4, 0.5) is 8.78 Å². The van der Waals surface area contributed by atoms with Gasteiger partial charge in [0.1, 0.15) is 0 Å². The lowest BCUT2D eigenvalue weighted by Crippen LogP contribution is -2.18. The molecule has 0 saturated carbocycles. The number of unbranched alkanes of at least 4 members (excludes halogenated alkanes) is 1. The van der Waals surface area contributed by atoms with Crippen molar-refractivity contribution in [2.24, 2.45) is 0 Å². The molecule has 0 aliphatic rings. The Hall–Kier alpha value is -1.35. The maximum atomic E-state index is 12.6. The molecule has 0 heterocycles. The predicted molar refractivity (Wildman–Crippen MR) is 115 cm³/mol. The number of nitrogens with one attached hydrogen (secondary N) is 1. The van der Waals surface area contributed by atoms with Crippen LogP contribution in [0.5, 0.6) is 0 Å². The summed E-state index contributed by atoms with van der Waals surface area (Å²) >= 11 is 0. The fraction of sp³-hybridized carbons (Fsp3) is 0.455. The summed E-state index contributed by atoms with van der Waals surface area (Å²) in [7, 11) is 5.77. The molecule has 2 rings (SSSR count). The Balaban J connectivity index is 0.000000289. The Bertz CT molecular complexity index is 669. The Morgan fingerprint density at radius 3 is 2.26 bits per heavy atom. The van der Waals surface area contributed by atoms with Crippen LogP contribution in [0.3, 0.4) is 0 Å². The molecule has 1 N–H and O–H groups in total. The molecule has 0 aliphatic carbocycles. The number of benzene rings is 2. The second-order valence-corrected chi connectivity index (χ2v) is 7.83. The summed E-state index contributed by atoms with van der Waals surface area (Å²) in [5.41, 5.74) is 0.886. The second-order valence-electron chi connectivity index (χ2n) is 7.11. The van der Waals surface area contributed by atoms with Gasteiger partial charge in [-0.2, -0.15) is 8.78 Å². The largest absolute Gasteiger partial charge is 0.313 e. The summed E-state index contributed by atoms with van der Waals surface area (Å²) in [6, 6.07) is 14.9. The molecule has 1 atom stereocenters. The fourth-order valence-electron chi connectivity index (χ4n) is 2.56. The number of nitrogens with zero attached hydrogens (tertiary/aromatic N) is 1. The molecule has 2 aromatic carbocycles. The molecule has 2 nitrogen and oxygen atoms in total. The van der Waals surface area contributed by atoms with Gasteiger partial charge >= 0.3 is 0 Å². The van der Waals surface area contributed by atoms with Crippen LogP contribution < -0.4 is 5.32 Å². The Kier molecular flexibility index (Phi) is 10.7. The minimum Gasteiger partial charge on any atom is -0.313 e. The summed E-state index contributed by atoms with van der Waals surface area (Å²) in [6.45, 7) is 7.26. The van der Waals surface area contributed by atoms with Gasteiger partial charge in [0.2, 0.25) is 0 Å². The zero-order valence-electron chi connectivity index (χ0n) is 16.9. The first-order valence-corrected chi connectivity index (χ1v) is 9.91. The second kappa shape index (κ2) is 12.2. The average Bonchev–Trinajstić information content (AvgIpc) is 2.59. The first-order valence-electron chi connectivity index (χ1n) is 9.34. The molecule has 27 heavy (non-hydrogen) atoms. The van der Waals surface area contributed by atoms with E-state index in [1.807, 2.05) is 0 Å². The number of halogens is 2. The molecular formula is C22H33F2N2P. The van der Waals surface area contributed by atoms with E-state index in [1.165, 1.54) is 51.9 Å². The Morgan fingerprint density at radius 1 is 1.00 bits per heavy atom. The van der Waals surface area contributed by atoms with Crippen molar-refractivity contribution in [2.45, 2.75) is 38.9 Å². The molecule has 150 valence electrons. The summed E-state index contributed by atoms with van der Waals surface area (Å²) in [6.07, 6.45) is 2.53. The maximum Gasteiger partial charge on any atom is 0.283 e. The lowest BCUT2D eigenvalue weighted by Gasteiger charge is -2.10. The summed E-state index contributed by atoms with van der Waals surface area (Å²) in [5, 5.41) is 3.50. The van der Waals surface area contributed by atoms with Crippen molar-refractivity contribution in [2.75, 3.05) is 27.2 Å². The predicted octanol–water partition coefficient (Wildman–Crippen LogP) is 5.35. The van der Waals surface area contributed by atoms with Crippen LogP contribution in [0.15, 0.2) is 48.5 Å². The van der Waals surface area contributed by atoms with Gasteiger partial charge in [0.25, 0.3) is 5.66 Å². The van der Waals surface area contributed by atoms with E-state index >= 15 is 0 Å². The van der Waals surface area contributed by atoms with Crippen LogP contribution in [0.2, 0.25) is 0 Å². The molecule has 0 aliphatic heterocycles. The van der Waals surface area contributed by atoms with E-state index < -0.39 is 5.66 Å². The summed E-state index contributed by atoms with van der Waals surface area (Å²) in [4.78, 5) is 2.24. The molecule has 2 aromatic rings. The van der Waals surface area contributed by atoms with E-state index in [1.54, 1.807) is 19.1 Å². The third-order valence-corrected chi connectivity index (χ3v) is 4.52. The van der Waals surface area contributed by atoms with E-state index in [4.69, 9.17) is 0 Å². The van der Waals surface area contributed by atoms with Crippen LogP contribution in [-0.4, -0.2) is 32.1 Å². The highest BCUT2D eigenvalue weighted by Crippen LogP contribution is 2.34. The number of hydrogen-bond donors (Lipinski definition) is 1. The summed E-state index contributed by atoms with van der Waals surface area (Å²) < 4.78 is 25.2. The van der Waals surface area contributed by atoms with Crippen molar-refractivity contribution < 1.29 is 8.78 Å².